The van der Waals surface area contributed by atoms with Crippen LogP contribution in [-0.2, 0) is 6.54 Å². The Labute approximate surface area is 162 Å². The number of nitrogens with zero attached hydrogens (tertiary/aromatic N) is 1. The van der Waals surface area contributed by atoms with Crippen molar-refractivity contribution < 1.29 is 0 Å². The van der Waals surface area contributed by atoms with Gasteiger partial charge in [0.15, 0.2) is 0 Å². The van der Waals surface area contributed by atoms with E-state index in [1.165, 1.54) is 16.9 Å². The van der Waals surface area contributed by atoms with Gasteiger partial charge in [-0.05, 0) is 36.1 Å². The molecule has 3 rings (SSSR count). The molecule has 1 aromatic rings. The van der Waals surface area contributed by atoms with E-state index in [0.717, 1.165) is 31.1 Å². The lowest BCUT2D eigenvalue weighted by atomic mass is 9.87. The van der Waals surface area contributed by atoms with E-state index in [-0.39, 0.29) is 4.75 Å². The SMILES string of the molecule is C=CCC12CCN(Cc3ccccc3Cl)CC1=C/C(=C\[Si](C)(C)C)S2. The minimum atomic E-state index is -1.21. The molecule has 1 unspecified atom stereocenters. The first-order valence-electron chi connectivity index (χ1n) is 9.01. The molecular formula is C21H28ClNSSi. The third kappa shape index (κ3) is 4.51. The normalized spacial score (nSPS) is 25.8. The zero-order valence-corrected chi connectivity index (χ0v) is 18.1. The lowest BCUT2D eigenvalue weighted by Gasteiger charge is -2.40. The summed E-state index contributed by atoms with van der Waals surface area (Å²) in [4.78, 5) is 4.02. The second-order valence-electron chi connectivity index (χ2n) is 8.22. The number of thioether (sulfide) groups is 1. The monoisotopic (exact) mass is 389 g/mol. The van der Waals surface area contributed by atoms with E-state index in [2.05, 4.69) is 72.9 Å². The summed E-state index contributed by atoms with van der Waals surface area (Å²) in [5, 5.41) is 0.875. The molecule has 0 radical (unpaired) electrons. The van der Waals surface area contributed by atoms with Crippen LogP contribution in [-0.4, -0.2) is 30.8 Å². The molecular weight excluding hydrogens is 362 g/mol. The lowest BCUT2D eigenvalue weighted by Crippen LogP contribution is -2.42. The van der Waals surface area contributed by atoms with Crippen molar-refractivity contribution in [3.05, 3.63) is 69.8 Å². The van der Waals surface area contributed by atoms with E-state index in [9.17, 15) is 0 Å². The minimum absolute atomic E-state index is 0.240. The first-order valence-corrected chi connectivity index (χ1v) is 13.8. The number of benzene rings is 1. The van der Waals surface area contributed by atoms with Crippen LogP contribution in [0, 0.1) is 0 Å². The Morgan fingerprint density at radius 2 is 2.08 bits per heavy atom. The van der Waals surface area contributed by atoms with Crippen LogP contribution in [0.25, 0.3) is 0 Å². The maximum atomic E-state index is 6.36. The third-order valence-electron chi connectivity index (χ3n) is 4.84. The summed E-state index contributed by atoms with van der Waals surface area (Å²) < 4.78 is 0.240. The van der Waals surface area contributed by atoms with E-state index in [0.29, 0.717) is 0 Å². The van der Waals surface area contributed by atoms with Crippen molar-refractivity contribution in [3.8, 4) is 0 Å². The first kappa shape index (κ1) is 19.0. The predicted molar refractivity (Wildman–Crippen MR) is 116 cm³/mol. The van der Waals surface area contributed by atoms with E-state index in [1.54, 1.807) is 5.57 Å². The second-order valence-corrected chi connectivity index (χ2v) is 15.1. The van der Waals surface area contributed by atoms with Crippen LogP contribution in [0.1, 0.15) is 18.4 Å². The molecule has 0 aromatic heterocycles. The zero-order chi connectivity index (χ0) is 18.1. The highest BCUT2D eigenvalue weighted by molar-refractivity contribution is 8.05. The second kappa shape index (κ2) is 7.48. The first-order chi connectivity index (χ1) is 11.8. The summed E-state index contributed by atoms with van der Waals surface area (Å²) in [5.41, 5.74) is 5.34. The van der Waals surface area contributed by atoms with Gasteiger partial charge in [0.25, 0.3) is 0 Å². The van der Waals surface area contributed by atoms with Crippen molar-refractivity contribution in [2.45, 2.75) is 43.8 Å². The van der Waals surface area contributed by atoms with Gasteiger partial charge in [-0.3, -0.25) is 4.90 Å². The summed E-state index contributed by atoms with van der Waals surface area (Å²) in [6, 6.07) is 8.21. The summed E-state index contributed by atoms with van der Waals surface area (Å²) >= 11 is 8.45. The van der Waals surface area contributed by atoms with Crippen molar-refractivity contribution in [3.63, 3.8) is 0 Å². The summed E-state index contributed by atoms with van der Waals surface area (Å²) in [6.07, 6.45) is 6.81. The van der Waals surface area contributed by atoms with E-state index >= 15 is 0 Å². The van der Waals surface area contributed by atoms with Crippen LogP contribution in [0.3, 0.4) is 0 Å². The molecule has 0 bridgehead atoms. The highest BCUT2D eigenvalue weighted by Crippen LogP contribution is 2.52. The molecule has 1 nitrogen and oxygen atoms in total. The number of likely N-dealkylation sites (tertiary alicyclic amines) is 1. The quantitative estimate of drug-likeness (QED) is 0.429. The van der Waals surface area contributed by atoms with Gasteiger partial charge in [-0.15, -0.1) is 18.3 Å². The number of hydrogen-bond donors (Lipinski definition) is 0. The van der Waals surface area contributed by atoms with Gasteiger partial charge in [-0.1, -0.05) is 61.2 Å². The van der Waals surface area contributed by atoms with E-state index < -0.39 is 8.07 Å². The number of halogens is 1. The number of allylic oxidation sites excluding steroid dienone is 2. The van der Waals surface area contributed by atoms with Crippen LogP contribution in [0.5, 0.6) is 0 Å². The predicted octanol–water partition coefficient (Wildman–Crippen LogP) is 6.30. The molecule has 2 aliphatic rings. The van der Waals surface area contributed by atoms with Crippen LogP contribution in [0.2, 0.25) is 24.7 Å². The van der Waals surface area contributed by atoms with Crippen LogP contribution in [0.4, 0.5) is 0 Å². The summed E-state index contributed by atoms with van der Waals surface area (Å²) in [7, 11) is -1.21. The number of fused-ring (bicyclic) bond motifs is 1. The van der Waals surface area contributed by atoms with Gasteiger partial charge in [0.2, 0.25) is 0 Å². The molecule has 1 atom stereocenters. The Hall–Kier alpha value is -0.743. The largest absolute Gasteiger partial charge is 0.295 e. The van der Waals surface area contributed by atoms with Gasteiger partial charge in [0.1, 0.15) is 0 Å². The van der Waals surface area contributed by atoms with Gasteiger partial charge < -0.3 is 0 Å². The van der Waals surface area contributed by atoms with Gasteiger partial charge in [0.05, 0.1) is 8.07 Å². The van der Waals surface area contributed by atoms with Crippen molar-refractivity contribution in [2.75, 3.05) is 13.1 Å². The highest BCUT2D eigenvalue weighted by atomic mass is 35.5. The van der Waals surface area contributed by atoms with Gasteiger partial charge >= 0.3 is 0 Å². The summed E-state index contributed by atoms with van der Waals surface area (Å²) in [6.45, 7) is 14.3. The molecule has 25 heavy (non-hydrogen) atoms. The van der Waals surface area contributed by atoms with Crippen molar-refractivity contribution >= 4 is 31.4 Å². The van der Waals surface area contributed by atoms with Crippen LogP contribution >= 0.6 is 23.4 Å². The topological polar surface area (TPSA) is 3.24 Å². The van der Waals surface area contributed by atoms with Gasteiger partial charge in [-0.2, -0.15) is 0 Å². The molecule has 0 saturated carbocycles. The molecule has 0 aliphatic carbocycles. The van der Waals surface area contributed by atoms with Crippen LogP contribution in [0.15, 0.2) is 59.2 Å². The Balaban J connectivity index is 1.81. The minimum Gasteiger partial charge on any atom is -0.295 e. The fourth-order valence-electron chi connectivity index (χ4n) is 3.69. The van der Waals surface area contributed by atoms with Gasteiger partial charge in [-0.25, -0.2) is 0 Å². The molecule has 0 N–H and O–H groups in total. The Kier molecular flexibility index (Phi) is 5.69. The molecule has 1 fully saturated rings. The van der Waals surface area contributed by atoms with Crippen molar-refractivity contribution in [1.82, 2.24) is 4.90 Å². The lowest BCUT2D eigenvalue weighted by molar-refractivity contribution is 0.238. The molecule has 134 valence electrons. The zero-order valence-electron chi connectivity index (χ0n) is 15.5. The molecule has 0 spiro atoms. The molecule has 1 aromatic carbocycles. The molecule has 1 saturated heterocycles. The highest BCUT2D eigenvalue weighted by Gasteiger charge is 2.42. The molecule has 2 aliphatic heterocycles. The standard InChI is InChI=1S/C21H28ClNSSi/c1-5-10-21-11-12-23(14-17-8-6-7-9-20(17)22)15-18(21)13-19(24-21)16-25(2,3)4/h5-9,13,16H,1,10-12,14-15H2,2-4H3/b19-16+. The van der Waals surface area contributed by atoms with E-state index in [1.807, 2.05) is 12.1 Å². The fraction of sp³-hybridized carbons (Fsp3) is 0.429. The third-order valence-corrected chi connectivity index (χ3v) is 8.09. The average Bonchev–Trinajstić information content (AvgIpc) is 2.85. The molecule has 4 heteroatoms. The molecule has 0 amide bonds. The Morgan fingerprint density at radius 3 is 2.76 bits per heavy atom. The number of piperidine rings is 1. The fourth-order valence-corrected chi connectivity index (χ4v) is 7.42. The van der Waals surface area contributed by atoms with Crippen molar-refractivity contribution in [2.24, 2.45) is 0 Å². The smallest absolute Gasteiger partial charge is 0.0701 e. The van der Waals surface area contributed by atoms with Gasteiger partial charge in [0, 0.05) is 34.3 Å². The van der Waals surface area contributed by atoms with Crippen LogP contribution < -0.4 is 0 Å². The van der Waals surface area contributed by atoms with E-state index in [4.69, 9.17) is 11.6 Å². The Bertz CT molecular complexity index is 719. The van der Waals surface area contributed by atoms with Crippen molar-refractivity contribution in [1.29, 1.82) is 0 Å². The Morgan fingerprint density at radius 1 is 1.32 bits per heavy atom. The number of hydrogen-bond acceptors (Lipinski definition) is 2. The number of rotatable bonds is 5. The maximum absolute atomic E-state index is 6.36. The summed E-state index contributed by atoms with van der Waals surface area (Å²) in [5.74, 6) is 0. The maximum Gasteiger partial charge on any atom is 0.0701 e. The average molecular weight is 390 g/mol. The molecule has 2 heterocycles.